The van der Waals surface area contributed by atoms with Crippen molar-refractivity contribution in [3.05, 3.63) is 73.0 Å². The minimum absolute atomic E-state index is 0.501. The van der Waals surface area contributed by atoms with Gasteiger partial charge >= 0.3 is 0 Å². The third kappa shape index (κ3) is 3.53. The minimum atomic E-state index is 0.501. The van der Waals surface area contributed by atoms with Crippen molar-refractivity contribution in [1.82, 2.24) is 48.5 Å². The molecule has 0 saturated heterocycles. The lowest BCUT2D eigenvalue weighted by atomic mass is 10.1. The van der Waals surface area contributed by atoms with Crippen molar-refractivity contribution in [2.45, 2.75) is 13.8 Å². The molecule has 6 aromatic heterocycles. The summed E-state index contributed by atoms with van der Waals surface area (Å²) in [6.45, 7) is 4.00. The van der Waals surface area contributed by atoms with Gasteiger partial charge in [-0.1, -0.05) is 0 Å². The fraction of sp³-hybridized carbons (Fsp3) is 0.167. The average molecular weight is 466 g/mol. The maximum atomic E-state index is 4.85. The van der Waals surface area contributed by atoms with Gasteiger partial charge in [0.1, 0.15) is 17.2 Å². The largest absolute Gasteiger partial charge is 0.331 e. The van der Waals surface area contributed by atoms with Crippen molar-refractivity contribution in [3.63, 3.8) is 0 Å². The molecule has 11 heteroatoms. The van der Waals surface area contributed by atoms with E-state index in [-0.39, 0.29) is 0 Å². The molecular formula is C24H23N11. The smallest absolute Gasteiger partial charge is 0.218 e. The Labute approximate surface area is 200 Å². The molecule has 0 atom stereocenters. The first kappa shape index (κ1) is 20.8. The van der Waals surface area contributed by atoms with Crippen molar-refractivity contribution >= 4 is 17.2 Å². The maximum absolute atomic E-state index is 4.85. The number of pyridine rings is 1. The summed E-state index contributed by atoms with van der Waals surface area (Å²) in [5.41, 5.74) is 4.66. The molecule has 6 heterocycles. The van der Waals surface area contributed by atoms with E-state index in [0.717, 1.165) is 33.8 Å². The van der Waals surface area contributed by atoms with Crippen LogP contribution in [0.2, 0.25) is 0 Å². The van der Waals surface area contributed by atoms with Crippen molar-refractivity contribution in [1.29, 1.82) is 0 Å². The van der Waals surface area contributed by atoms with E-state index in [9.17, 15) is 0 Å². The SMILES string of the molecule is Cc1c(-c2ccn(C)n2)cn2nc(-c3nccn3C)nc(Nc3ccc(-n4ccnc4C)cn3)c12. The number of hydrogen-bond acceptors (Lipinski definition) is 7. The van der Waals surface area contributed by atoms with Gasteiger partial charge in [-0.2, -0.15) is 5.10 Å². The van der Waals surface area contributed by atoms with Crippen LogP contribution >= 0.6 is 0 Å². The predicted molar refractivity (Wildman–Crippen MR) is 132 cm³/mol. The zero-order valence-corrected chi connectivity index (χ0v) is 19.7. The van der Waals surface area contributed by atoms with Gasteiger partial charge in [0, 0.05) is 56.8 Å². The first-order valence-electron chi connectivity index (χ1n) is 11.1. The molecule has 0 spiro atoms. The molecule has 35 heavy (non-hydrogen) atoms. The van der Waals surface area contributed by atoms with Gasteiger partial charge in [-0.3, -0.25) is 4.68 Å². The molecule has 0 unspecified atom stereocenters. The average Bonchev–Trinajstić information content (AvgIpc) is 3.63. The van der Waals surface area contributed by atoms with Crippen molar-refractivity contribution in [3.8, 4) is 28.6 Å². The fourth-order valence-electron chi connectivity index (χ4n) is 4.19. The molecule has 11 nitrogen and oxygen atoms in total. The van der Waals surface area contributed by atoms with Crippen LogP contribution in [0.5, 0.6) is 0 Å². The van der Waals surface area contributed by atoms with Crippen LogP contribution in [0.15, 0.2) is 61.6 Å². The molecule has 0 aromatic carbocycles. The van der Waals surface area contributed by atoms with E-state index in [1.54, 1.807) is 23.3 Å². The highest BCUT2D eigenvalue weighted by molar-refractivity contribution is 5.84. The molecule has 6 rings (SSSR count). The second kappa shape index (κ2) is 7.90. The highest BCUT2D eigenvalue weighted by Crippen LogP contribution is 2.32. The second-order valence-electron chi connectivity index (χ2n) is 8.35. The summed E-state index contributed by atoms with van der Waals surface area (Å²) in [6, 6.07) is 5.90. The molecule has 0 aliphatic carbocycles. The summed E-state index contributed by atoms with van der Waals surface area (Å²) in [5, 5.41) is 12.7. The Kier molecular flexibility index (Phi) is 4.69. The molecule has 0 fully saturated rings. The van der Waals surface area contributed by atoms with Crippen LogP contribution in [0, 0.1) is 13.8 Å². The molecule has 0 bridgehead atoms. The van der Waals surface area contributed by atoms with E-state index in [1.165, 1.54) is 0 Å². The van der Waals surface area contributed by atoms with Gasteiger partial charge in [-0.05, 0) is 37.6 Å². The molecule has 0 amide bonds. The molecule has 0 saturated carbocycles. The van der Waals surface area contributed by atoms with Crippen LogP contribution in [0.1, 0.15) is 11.4 Å². The molecule has 0 aliphatic heterocycles. The van der Waals surface area contributed by atoms with Crippen LogP contribution in [0.25, 0.3) is 34.1 Å². The zero-order valence-electron chi connectivity index (χ0n) is 19.7. The topological polar surface area (TPSA) is 109 Å². The zero-order chi connectivity index (χ0) is 24.1. The first-order valence-corrected chi connectivity index (χ1v) is 11.1. The van der Waals surface area contributed by atoms with Gasteiger partial charge in [0.15, 0.2) is 11.6 Å². The fourth-order valence-corrected chi connectivity index (χ4v) is 4.19. The normalized spacial score (nSPS) is 11.4. The number of imidazole rings is 2. The number of anilines is 2. The van der Waals surface area contributed by atoms with E-state index in [1.807, 2.05) is 84.6 Å². The summed E-state index contributed by atoms with van der Waals surface area (Å²) in [7, 11) is 3.82. The lowest BCUT2D eigenvalue weighted by molar-refractivity contribution is 0.770. The lowest BCUT2D eigenvalue weighted by Gasteiger charge is -2.11. The van der Waals surface area contributed by atoms with Gasteiger partial charge in [-0.15, -0.1) is 5.10 Å². The van der Waals surface area contributed by atoms with Crippen molar-refractivity contribution in [2.24, 2.45) is 14.1 Å². The van der Waals surface area contributed by atoms with Crippen LogP contribution in [0.3, 0.4) is 0 Å². The lowest BCUT2D eigenvalue weighted by Crippen LogP contribution is -2.07. The Balaban J connectivity index is 1.47. The van der Waals surface area contributed by atoms with Gasteiger partial charge in [0.25, 0.3) is 0 Å². The summed E-state index contributed by atoms with van der Waals surface area (Å²) in [5.74, 6) is 3.37. The Hall–Kier alpha value is -4.80. The summed E-state index contributed by atoms with van der Waals surface area (Å²) in [6.07, 6.45) is 13.0. The number of nitrogens with zero attached hydrogens (tertiary/aromatic N) is 10. The maximum Gasteiger partial charge on any atom is 0.218 e. The predicted octanol–water partition coefficient (Wildman–Crippen LogP) is 3.47. The second-order valence-corrected chi connectivity index (χ2v) is 8.35. The highest BCUT2D eigenvalue weighted by Gasteiger charge is 2.19. The Morgan fingerprint density at radius 1 is 0.886 bits per heavy atom. The van der Waals surface area contributed by atoms with Crippen LogP contribution in [-0.4, -0.2) is 48.5 Å². The third-order valence-electron chi connectivity index (χ3n) is 5.99. The van der Waals surface area contributed by atoms with Gasteiger partial charge in [-0.25, -0.2) is 24.5 Å². The van der Waals surface area contributed by atoms with E-state index < -0.39 is 0 Å². The number of fused-ring (bicyclic) bond motifs is 1. The Morgan fingerprint density at radius 2 is 1.74 bits per heavy atom. The van der Waals surface area contributed by atoms with Crippen LogP contribution in [0.4, 0.5) is 11.6 Å². The molecule has 174 valence electrons. The summed E-state index contributed by atoms with van der Waals surface area (Å²) < 4.78 is 7.49. The number of hydrogen-bond donors (Lipinski definition) is 1. The number of rotatable bonds is 5. The molecule has 6 aromatic rings. The van der Waals surface area contributed by atoms with Crippen molar-refractivity contribution in [2.75, 3.05) is 5.32 Å². The van der Waals surface area contributed by atoms with Gasteiger partial charge in [0.2, 0.25) is 5.82 Å². The molecule has 0 aliphatic rings. The standard InChI is InChI=1S/C24H23N11/c1-15-18(19-7-10-33(4)30-19)14-35-21(15)22(29-23(31-35)24-26-8-11-32(24)3)28-20-6-5-17(13-27-20)34-12-9-25-16(34)2/h5-14H,1-4H3,(H,27,28,29,31). The number of aryl methyl sites for hydroxylation is 4. The Bertz CT molecular complexity index is 1660. The van der Waals surface area contributed by atoms with Gasteiger partial charge < -0.3 is 14.5 Å². The highest BCUT2D eigenvalue weighted by atomic mass is 15.3. The Morgan fingerprint density at radius 3 is 2.40 bits per heavy atom. The molecular weight excluding hydrogens is 442 g/mol. The van der Waals surface area contributed by atoms with E-state index in [4.69, 9.17) is 10.1 Å². The molecule has 0 radical (unpaired) electrons. The van der Waals surface area contributed by atoms with E-state index in [2.05, 4.69) is 25.4 Å². The van der Waals surface area contributed by atoms with Crippen molar-refractivity contribution < 1.29 is 0 Å². The van der Waals surface area contributed by atoms with Crippen LogP contribution < -0.4 is 5.32 Å². The third-order valence-corrected chi connectivity index (χ3v) is 5.99. The summed E-state index contributed by atoms with van der Waals surface area (Å²) >= 11 is 0. The van der Waals surface area contributed by atoms with Gasteiger partial charge in [0.05, 0.1) is 17.6 Å². The minimum Gasteiger partial charge on any atom is -0.331 e. The van der Waals surface area contributed by atoms with Crippen LogP contribution in [-0.2, 0) is 14.1 Å². The van der Waals surface area contributed by atoms with E-state index in [0.29, 0.717) is 23.3 Å². The number of nitrogens with one attached hydrogen (secondary N) is 1. The monoisotopic (exact) mass is 465 g/mol. The summed E-state index contributed by atoms with van der Waals surface area (Å²) in [4.78, 5) is 18.2. The number of aromatic nitrogens is 10. The quantitative estimate of drug-likeness (QED) is 0.415. The first-order chi connectivity index (χ1) is 17.0. The molecule has 1 N–H and O–H groups in total. The van der Waals surface area contributed by atoms with E-state index >= 15 is 0 Å².